The molecule has 32 heteroatoms. The van der Waals surface area contributed by atoms with E-state index in [2.05, 4.69) is 48.9 Å². The first-order valence-electron chi connectivity index (χ1n) is 8.88. The summed E-state index contributed by atoms with van der Waals surface area (Å²) in [4.78, 5) is 67.1. The van der Waals surface area contributed by atoms with Crippen LogP contribution in [-0.4, -0.2) is 115 Å². The Morgan fingerprint density at radius 2 is 0.714 bits per heavy atom. The minimum absolute atomic E-state index is 0. The average molecular weight is 723 g/mol. The Labute approximate surface area is 301 Å². The molecule has 6 atom stereocenters. The van der Waals surface area contributed by atoms with Gasteiger partial charge in [-0.3, -0.25) is 47.3 Å². The maximum Gasteiger partial charge on any atom is 1.00 e. The molecule has 26 nitrogen and oxygen atoms in total. The molecule has 238 valence electrons. The monoisotopic (exact) mass is 723 g/mol. The van der Waals surface area contributed by atoms with Crippen molar-refractivity contribution in [2.24, 2.45) is 0 Å². The molecule has 0 aliphatic carbocycles. The molecule has 0 saturated carbocycles. The van der Waals surface area contributed by atoms with Gasteiger partial charge in [-0.05, 0) is 0 Å². The topological polar surface area (TPSA) is 415 Å². The Kier molecular flexibility index (Phi) is 47.4. The van der Waals surface area contributed by atoms with Gasteiger partial charge in [0.1, 0.15) is 26.4 Å². The molecule has 0 bridgehead atoms. The summed E-state index contributed by atoms with van der Waals surface area (Å²) in [5.41, 5.74) is 0. The van der Waals surface area contributed by atoms with Crippen molar-refractivity contribution in [2.75, 3.05) is 33.0 Å². The zero-order valence-electron chi connectivity index (χ0n) is 21.8. The summed E-state index contributed by atoms with van der Waals surface area (Å²) in [6.45, 7) is -4.26. The van der Waals surface area contributed by atoms with Crippen molar-refractivity contribution in [3.8, 4) is 0 Å². The van der Waals surface area contributed by atoms with Crippen LogP contribution in [0.5, 0.6) is 0 Å². The van der Waals surface area contributed by atoms with Gasteiger partial charge in [-0.15, -0.1) is 0 Å². The summed E-state index contributed by atoms with van der Waals surface area (Å²) in [5.74, 6) is -9.40. The Morgan fingerprint density at radius 3 is 0.810 bits per heavy atom. The number of rotatable bonds is 20. The number of hydrogen-bond donors (Lipinski definition) is 10. The number of hydrogen-bond acceptors (Lipinski definition) is 26. The third-order valence-corrected chi connectivity index (χ3v) is 8.43. The first-order chi connectivity index (χ1) is 18.3. The van der Waals surface area contributed by atoms with E-state index in [1.807, 2.05) is 0 Å². The van der Waals surface area contributed by atoms with Gasteiger partial charge in [0, 0.05) is 0 Å². The van der Waals surface area contributed by atoms with Crippen molar-refractivity contribution in [3.05, 3.63) is 0 Å². The molecule has 42 heavy (non-hydrogen) atoms. The molecular weight excluding hydrogens is 698 g/mol. The Bertz CT molecular complexity index is 616. The second-order valence-corrected chi connectivity index (χ2v) is 11.9. The van der Waals surface area contributed by atoms with E-state index in [4.69, 9.17) is 52.6 Å². The van der Waals surface area contributed by atoms with Crippen molar-refractivity contribution in [3.63, 3.8) is 0 Å². The van der Waals surface area contributed by atoms with Crippen molar-refractivity contribution in [1.29, 1.82) is 0 Å². The van der Waals surface area contributed by atoms with Crippen LogP contribution >= 0.6 is 22.8 Å². The molecule has 0 aromatic carbocycles. The van der Waals surface area contributed by atoms with Crippen LogP contribution < -0.4 is 103 Å². The third kappa shape index (κ3) is 23.9. The zero-order valence-corrected chi connectivity index (χ0v) is 30.5. The summed E-state index contributed by atoms with van der Waals surface area (Å²) in [7, 11) is -12.3. The molecule has 0 aromatic heterocycles. The molecule has 0 radical (unpaired) electrons. The molecule has 0 rings (SSSR count). The second-order valence-electron chi connectivity index (χ2n) is 5.85. The quantitative estimate of drug-likeness (QED) is 0.0241. The maximum atomic E-state index is 11.3. The average Bonchev–Trinajstić information content (AvgIpc) is 2.90. The van der Waals surface area contributed by atoms with E-state index in [0.29, 0.717) is 0 Å². The van der Waals surface area contributed by atoms with E-state index in [9.17, 15) is 28.4 Å². The van der Waals surface area contributed by atoms with Crippen molar-refractivity contribution >= 4 is 22.8 Å². The first-order valence-corrected chi connectivity index (χ1v) is 13.6. The van der Waals surface area contributed by atoms with Crippen LogP contribution in [0.2, 0.25) is 0 Å². The fraction of sp³-hybridized carbons (Fsp3) is 1.00. The first kappa shape index (κ1) is 56.9. The molecule has 0 heterocycles. The minimum Gasteiger partial charge on any atom is -0.795 e. The van der Waals surface area contributed by atoms with Gasteiger partial charge in [-0.1, -0.05) is 4.57 Å². The van der Waals surface area contributed by atoms with Gasteiger partial charge in [0.2, 0.25) is 0 Å². The summed E-state index contributed by atoms with van der Waals surface area (Å²) in [6.07, 6.45) is 0. The van der Waals surface area contributed by atoms with Crippen molar-refractivity contribution in [1.82, 2.24) is 0 Å². The van der Waals surface area contributed by atoms with Crippen LogP contribution in [0, 0.1) is 0 Å². The van der Waals surface area contributed by atoms with E-state index in [1.165, 1.54) is 0 Å². The molecule has 6 unspecified atom stereocenters. The summed E-state index contributed by atoms with van der Waals surface area (Å²) >= 11 is 0. The predicted molar refractivity (Wildman–Crippen MR) is 103 cm³/mol. The molecule has 0 saturated heterocycles. The minimum atomic E-state index is -4.71. The van der Waals surface area contributed by atoms with E-state index >= 15 is 0 Å². The van der Waals surface area contributed by atoms with Gasteiger partial charge in [-0.25, -0.2) is 49.2 Å². The van der Waals surface area contributed by atoms with Gasteiger partial charge >= 0.3 is 103 Å². The SMILES string of the molecule is O=P([O-])(C(COO)OO)C(COO)OO.O=P([O-])(C(COO)OO)C(COO)OO.O=[P+]([O-])C(COO)OO.[Na+].[Na+].[Na+]. The Balaban J connectivity index is -0.000000115. The van der Waals surface area contributed by atoms with E-state index in [-0.39, 0.29) is 88.7 Å². The van der Waals surface area contributed by atoms with E-state index in [1.54, 1.807) is 0 Å². The van der Waals surface area contributed by atoms with Crippen LogP contribution in [-0.2, 0) is 62.6 Å². The smallest absolute Gasteiger partial charge is 0.795 e. The molecule has 0 fully saturated rings. The standard InChI is InChI=1S/2C4H11O10P.C2H5O6P.3Na/c2*5-11-1-3(13-7)15(9,10)4(14-8)2-12-6;3-7-1-2(8-4)9(5)6;;;/h2*3-8H,1-2H2,(H,9,10);2-4H,1H2;;;/q;;;3*+1/p-2. The Morgan fingerprint density at radius 1 is 0.500 bits per heavy atom. The van der Waals surface area contributed by atoms with Gasteiger partial charge in [-0.2, -0.15) is 4.89 Å². The Hall–Kier alpha value is 2.64. The van der Waals surface area contributed by atoms with E-state index < -0.39 is 85.0 Å². The molecule has 0 spiro atoms. The summed E-state index contributed by atoms with van der Waals surface area (Å²) in [5, 5.41) is 80.1. The largest absolute Gasteiger partial charge is 1.00 e. The zero-order chi connectivity index (χ0) is 31.1. The normalized spacial score (nSPS) is 17.2. The third-order valence-electron chi connectivity index (χ3n) is 3.53. The van der Waals surface area contributed by atoms with Gasteiger partial charge in [0.05, 0.1) is 14.7 Å². The molecule has 0 aromatic rings. The van der Waals surface area contributed by atoms with Crippen LogP contribution in [0.15, 0.2) is 0 Å². The predicted octanol–water partition coefficient (Wildman–Crippen LogP) is -11.1. The second kappa shape index (κ2) is 35.0. The van der Waals surface area contributed by atoms with Crippen molar-refractivity contribution in [2.45, 2.75) is 29.2 Å². The molecule has 10 N–H and O–H groups in total. The molecular formula is C10H25Na3O26P3+. The molecule has 0 aliphatic rings. The summed E-state index contributed by atoms with van der Waals surface area (Å²) < 4.78 is 32.6. The molecule has 0 amide bonds. The van der Waals surface area contributed by atoms with Crippen LogP contribution in [0.1, 0.15) is 0 Å². The van der Waals surface area contributed by atoms with Crippen LogP contribution in [0.25, 0.3) is 0 Å². The fourth-order valence-corrected chi connectivity index (χ4v) is 4.25. The fourth-order valence-electron chi connectivity index (χ4n) is 1.62. The van der Waals surface area contributed by atoms with Gasteiger partial charge < -0.3 is 23.8 Å². The summed E-state index contributed by atoms with van der Waals surface area (Å²) in [6, 6.07) is 0. The van der Waals surface area contributed by atoms with Crippen LogP contribution in [0.3, 0.4) is 0 Å². The maximum absolute atomic E-state index is 11.3. The van der Waals surface area contributed by atoms with E-state index in [0.717, 1.165) is 0 Å². The van der Waals surface area contributed by atoms with Crippen LogP contribution in [0.4, 0.5) is 0 Å². The molecule has 0 aliphatic heterocycles. The van der Waals surface area contributed by atoms with Gasteiger partial charge in [0.15, 0.2) is 30.0 Å². The van der Waals surface area contributed by atoms with Crippen molar-refractivity contribution < 1.29 is 218 Å². The van der Waals surface area contributed by atoms with Gasteiger partial charge in [0.25, 0.3) is 0 Å².